The molecule has 0 amide bonds. The summed E-state index contributed by atoms with van der Waals surface area (Å²) >= 11 is 0. The summed E-state index contributed by atoms with van der Waals surface area (Å²) < 4.78 is 43.0. The average Bonchev–Trinajstić information content (AvgIpc) is 2.37. The van der Waals surface area contributed by atoms with E-state index in [1.165, 1.54) is 12.1 Å². The molecule has 1 N–H and O–H groups in total. The topological polar surface area (TPSA) is 29.5 Å². The Morgan fingerprint density at radius 2 is 1.95 bits per heavy atom. The molecular formula is C15H19F3O2. The molecule has 1 aliphatic heterocycles. The Balaban J connectivity index is 2.06. The molecule has 1 aliphatic rings. The van der Waals surface area contributed by atoms with Crippen LogP contribution in [-0.2, 0) is 17.3 Å². The number of alkyl halides is 3. The van der Waals surface area contributed by atoms with E-state index in [4.69, 9.17) is 4.74 Å². The highest BCUT2D eigenvalue weighted by Crippen LogP contribution is 2.32. The molecule has 0 saturated carbocycles. The fourth-order valence-electron chi connectivity index (χ4n) is 2.61. The van der Waals surface area contributed by atoms with E-state index in [-0.39, 0.29) is 6.10 Å². The number of aliphatic hydroxyl groups is 1. The maximum atomic E-state index is 12.5. The third-order valence-electron chi connectivity index (χ3n) is 3.80. The molecule has 2 unspecified atom stereocenters. The predicted molar refractivity (Wildman–Crippen MR) is 69.4 cm³/mol. The van der Waals surface area contributed by atoms with Gasteiger partial charge in [0.2, 0.25) is 0 Å². The van der Waals surface area contributed by atoms with Crippen molar-refractivity contribution in [3.63, 3.8) is 0 Å². The number of rotatable bonds is 3. The van der Waals surface area contributed by atoms with Gasteiger partial charge >= 0.3 is 6.18 Å². The zero-order valence-corrected chi connectivity index (χ0v) is 11.4. The maximum Gasteiger partial charge on any atom is 0.416 e. The molecule has 1 saturated heterocycles. The van der Waals surface area contributed by atoms with Crippen LogP contribution in [0.2, 0.25) is 0 Å². The van der Waals surface area contributed by atoms with E-state index >= 15 is 0 Å². The van der Waals surface area contributed by atoms with Crippen LogP contribution in [0.1, 0.15) is 37.3 Å². The molecule has 5 heteroatoms. The summed E-state index contributed by atoms with van der Waals surface area (Å²) in [4.78, 5) is 0. The minimum Gasteiger partial charge on any atom is -0.389 e. The molecule has 2 atom stereocenters. The van der Waals surface area contributed by atoms with Crippen molar-refractivity contribution in [3.05, 3.63) is 35.4 Å². The molecule has 1 fully saturated rings. The van der Waals surface area contributed by atoms with Gasteiger partial charge in [-0.05, 0) is 30.5 Å². The molecule has 0 spiro atoms. The fraction of sp³-hybridized carbons (Fsp3) is 0.600. The van der Waals surface area contributed by atoms with Crippen molar-refractivity contribution >= 4 is 0 Å². The lowest BCUT2D eigenvalue weighted by atomic mass is 9.84. The SMILES string of the molecule is CCC1CC(O)(Cc2ccc(C(F)(F)F)cc2)CCO1. The van der Waals surface area contributed by atoms with Gasteiger partial charge in [0.05, 0.1) is 17.3 Å². The zero-order valence-electron chi connectivity index (χ0n) is 11.4. The quantitative estimate of drug-likeness (QED) is 0.921. The first kappa shape index (κ1) is 15.3. The van der Waals surface area contributed by atoms with Crippen molar-refractivity contribution in [2.24, 2.45) is 0 Å². The third kappa shape index (κ3) is 3.73. The standard InChI is InChI=1S/C15H19F3O2/c1-2-13-10-14(19,7-8-20-13)9-11-3-5-12(6-4-11)15(16,17)18/h3-6,13,19H,2,7-10H2,1H3. The van der Waals surface area contributed by atoms with Gasteiger partial charge in [-0.15, -0.1) is 0 Å². The fourth-order valence-corrected chi connectivity index (χ4v) is 2.61. The minimum atomic E-state index is -4.32. The van der Waals surface area contributed by atoms with Gasteiger partial charge in [0.1, 0.15) is 0 Å². The highest BCUT2D eigenvalue weighted by Gasteiger charge is 2.35. The van der Waals surface area contributed by atoms with Crippen LogP contribution >= 0.6 is 0 Å². The van der Waals surface area contributed by atoms with Crippen LogP contribution in [0.15, 0.2) is 24.3 Å². The van der Waals surface area contributed by atoms with Gasteiger partial charge < -0.3 is 9.84 Å². The predicted octanol–water partition coefficient (Wildman–Crippen LogP) is 3.57. The van der Waals surface area contributed by atoms with E-state index < -0.39 is 17.3 Å². The summed E-state index contributed by atoms with van der Waals surface area (Å²) in [5, 5.41) is 10.6. The summed E-state index contributed by atoms with van der Waals surface area (Å²) in [6.45, 7) is 2.49. The van der Waals surface area contributed by atoms with Gasteiger partial charge in [0.15, 0.2) is 0 Å². The normalized spacial score (nSPS) is 27.6. The Morgan fingerprint density at radius 3 is 2.50 bits per heavy atom. The Kier molecular flexibility index (Phi) is 4.39. The Labute approximate surface area is 116 Å². The number of ether oxygens (including phenoxy) is 1. The van der Waals surface area contributed by atoms with Crippen molar-refractivity contribution in [1.29, 1.82) is 0 Å². The number of halogens is 3. The van der Waals surface area contributed by atoms with Crippen molar-refractivity contribution in [2.45, 2.75) is 50.5 Å². The summed E-state index contributed by atoms with van der Waals surface area (Å²) in [6.07, 6.45) is -2.04. The molecule has 1 aromatic carbocycles. The van der Waals surface area contributed by atoms with Crippen molar-refractivity contribution in [3.8, 4) is 0 Å². The third-order valence-corrected chi connectivity index (χ3v) is 3.80. The van der Waals surface area contributed by atoms with E-state index in [0.29, 0.717) is 25.9 Å². The Hall–Kier alpha value is -1.07. The lowest BCUT2D eigenvalue weighted by molar-refractivity contribution is -0.137. The molecule has 0 radical (unpaired) electrons. The highest BCUT2D eigenvalue weighted by atomic mass is 19.4. The largest absolute Gasteiger partial charge is 0.416 e. The lowest BCUT2D eigenvalue weighted by Crippen LogP contribution is -2.42. The molecule has 0 aliphatic carbocycles. The molecule has 2 rings (SSSR count). The second-order valence-corrected chi connectivity index (χ2v) is 5.45. The van der Waals surface area contributed by atoms with Gasteiger partial charge in [-0.25, -0.2) is 0 Å². The van der Waals surface area contributed by atoms with E-state index in [1.807, 2.05) is 6.92 Å². The van der Waals surface area contributed by atoms with E-state index in [9.17, 15) is 18.3 Å². The van der Waals surface area contributed by atoms with Crippen molar-refractivity contribution in [2.75, 3.05) is 6.61 Å². The average molecular weight is 288 g/mol. The van der Waals surface area contributed by atoms with E-state index in [1.54, 1.807) is 0 Å². The molecule has 0 bridgehead atoms. The van der Waals surface area contributed by atoms with Crippen molar-refractivity contribution < 1.29 is 23.0 Å². The summed E-state index contributed by atoms with van der Waals surface area (Å²) in [7, 11) is 0. The number of hydrogen-bond acceptors (Lipinski definition) is 2. The van der Waals surface area contributed by atoms with Gasteiger partial charge in [0.25, 0.3) is 0 Å². The molecule has 112 valence electrons. The first-order chi connectivity index (χ1) is 9.32. The minimum absolute atomic E-state index is 0.0307. The van der Waals surface area contributed by atoms with E-state index in [2.05, 4.69) is 0 Å². The molecule has 1 heterocycles. The number of hydrogen-bond donors (Lipinski definition) is 1. The lowest BCUT2D eigenvalue weighted by Gasteiger charge is -2.36. The molecule has 20 heavy (non-hydrogen) atoms. The van der Waals surface area contributed by atoms with E-state index in [0.717, 1.165) is 24.1 Å². The first-order valence-electron chi connectivity index (χ1n) is 6.82. The van der Waals surface area contributed by atoms with Gasteiger partial charge in [-0.3, -0.25) is 0 Å². The molecule has 2 nitrogen and oxygen atoms in total. The van der Waals surface area contributed by atoms with Crippen LogP contribution in [0, 0.1) is 0 Å². The monoisotopic (exact) mass is 288 g/mol. The second kappa shape index (κ2) is 5.74. The summed E-state index contributed by atoms with van der Waals surface area (Å²) in [6, 6.07) is 5.01. The molecular weight excluding hydrogens is 269 g/mol. The molecule has 0 aromatic heterocycles. The van der Waals surface area contributed by atoms with Crippen LogP contribution < -0.4 is 0 Å². The Bertz CT molecular complexity index is 441. The zero-order chi connectivity index (χ0) is 14.8. The van der Waals surface area contributed by atoms with Crippen LogP contribution in [0.25, 0.3) is 0 Å². The van der Waals surface area contributed by atoms with Crippen LogP contribution in [0.4, 0.5) is 13.2 Å². The molecule has 1 aromatic rings. The van der Waals surface area contributed by atoms with Gasteiger partial charge in [-0.1, -0.05) is 19.1 Å². The summed E-state index contributed by atoms with van der Waals surface area (Å²) in [5.74, 6) is 0. The first-order valence-corrected chi connectivity index (χ1v) is 6.82. The maximum absolute atomic E-state index is 12.5. The van der Waals surface area contributed by atoms with Gasteiger partial charge in [-0.2, -0.15) is 13.2 Å². The van der Waals surface area contributed by atoms with Gasteiger partial charge in [0, 0.05) is 19.4 Å². The second-order valence-electron chi connectivity index (χ2n) is 5.45. The van der Waals surface area contributed by atoms with Crippen LogP contribution in [0.5, 0.6) is 0 Å². The highest BCUT2D eigenvalue weighted by molar-refractivity contribution is 5.25. The Morgan fingerprint density at radius 1 is 1.30 bits per heavy atom. The van der Waals surface area contributed by atoms with Crippen LogP contribution in [-0.4, -0.2) is 23.4 Å². The smallest absolute Gasteiger partial charge is 0.389 e. The number of benzene rings is 1. The summed E-state index contributed by atoms with van der Waals surface area (Å²) in [5.41, 5.74) is -0.817. The van der Waals surface area contributed by atoms with Crippen molar-refractivity contribution in [1.82, 2.24) is 0 Å². The van der Waals surface area contributed by atoms with Crippen LogP contribution in [0.3, 0.4) is 0 Å².